The number of sulfonamides is 1. The lowest BCUT2D eigenvalue weighted by atomic mass is 9.59. The summed E-state index contributed by atoms with van der Waals surface area (Å²) in [5.74, 6) is 1.41. The third-order valence-corrected chi connectivity index (χ3v) is 7.34. The molecule has 2 N–H and O–H groups in total. The largest absolute Gasteiger partial charge is 0.493 e. The molecule has 0 saturated carbocycles. The van der Waals surface area contributed by atoms with Crippen molar-refractivity contribution in [2.45, 2.75) is 37.3 Å². The highest BCUT2D eigenvalue weighted by Crippen LogP contribution is 2.54. The topological polar surface area (TPSA) is 91.3 Å². The molecule has 1 aliphatic heterocycles. The van der Waals surface area contributed by atoms with Gasteiger partial charge in [-0.15, -0.1) is 0 Å². The van der Waals surface area contributed by atoms with Crippen molar-refractivity contribution in [3.63, 3.8) is 0 Å². The fourth-order valence-corrected chi connectivity index (χ4v) is 5.68. The van der Waals surface area contributed by atoms with Gasteiger partial charge < -0.3 is 24.9 Å². The van der Waals surface area contributed by atoms with Gasteiger partial charge in [0.25, 0.3) is 0 Å². The van der Waals surface area contributed by atoms with Crippen molar-refractivity contribution in [1.82, 2.24) is 14.7 Å². The first-order valence-electron chi connectivity index (χ1n) is 10.1. The number of aliphatic hydroxyl groups is 1. The number of ether oxygens (including phenoxy) is 2. The van der Waals surface area contributed by atoms with Gasteiger partial charge in [0.1, 0.15) is 6.23 Å². The van der Waals surface area contributed by atoms with Crippen LogP contribution in [0.3, 0.4) is 0 Å². The number of hydrogen-bond donors (Lipinski definition) is 2. The number of benzene rings is 1. The van der Waals surface area contributed by atoms with Crippen LogP contribution in [0.4, 0.5) is 0 Å². The lowest BCUT2D eigenvalue weighted by Crippen LogP contribution is -2.53. The van der Waals surface area contributed by atoms with E-state index in [1.54, 1.807) is 20.4 Å². The van der Waals surface area contributed by atoms with Gasteiger partial charge >= 0.3 is 0 Å². The molecule has 0 radical (unpaired) electrons. The van der Waals surface area contributed by atoms with Crippen LogP contribution in [0, 0.1) is 5.92 Å². The number of allylic oxidation sites excluding steroid dienone is 1. The monoisotopic (exact) mass is 439 g/mol. The van der Waals surface area contributed by atoms with Crippen LogP contribution in [0.15, 0.2) is 24.4 Å². The Morgan fingerprint density at radius 3 is 2.63 bits per heavy atom. The third-order valence-electron chi connectivity index (χ3n) is 6.27. The zero-order valence-corrected chi connectivity index (χ0v) is 19.2. The molecule has 3 atom stereocenters. The number of hydrazine groups is 1. The average Bonchev–Trinajstić information content (AvgIpc) is 2.67. The molecule has 1 aliphatic carbocycles. The number of hydrogen-bond acceptors (Lipinski definition) is 7. The minimum absolute atomic E-state index is 0.106. The van der Waals surface area contributed by atoms with Crippen molar-refractivity contribution in [1.29, 1.82) is 0 Å². The third kappa shape index (κ3) is 4.16. The molecule has 168 valence electrons. The van der Waals surface area contributed by atoms with Gasteiger partial charge in [0.05, 0.1) is 20.5 Å². The highest BCUT2D eigenvalue weighted by molar-refractivity contribution is 7.88. The molecule has 9 heteroatoms. The Balaban J connectivity index is 2.24. The summed E-state index contributed by atoms with van der Waals surface area (Å²) in [7, 11) is 3.60. The molecule has 0 fully saturated rings. The summed E-state index contributed by atoms with van der Waals surface area (Å²) in [6.07, 6.45) is 6.28. The molecule has 0 saturated heterocycles. The number of nitrogens with zero attached hydrogens (tertiary/aromatic N) is 2. The van der Waals surface area contributed by atoms with Gasteiger partial charge in [0.15, 0.2) is 11.5 Å². The number of nitrogens with one attached hydrogen (secondary N) is 1. The first-order chi connectivity index (χ1) is 14.1. The Kier molecular flexibility index (Phi) is 6.66. The summed E-state index contributed by atoms with van der Waals surface area (Å²) in [6, 6.07) is 3.98. The summed E-state index contributed by atoms with van der Waals surface area (Å²) in [6.45, 7) is 0.781. The highest BCUT2D eigenvalue weighted by atomic mass is 32.2. The summed E-state index contributed by atoms with van der Waals surface area (Å²) >= 11 is 0. The maximum Gasteiger partial charge on any atom is 0.230 e. The van der Waals surface area contributed by atoms with E-state index < -0.39 is 21.7 Å². The molecule has 3 rings (SSSR count). The minimum atomic E-state index is -3.66. The summed E-state index contributed by atoms with van der Waals surface area (Å²) in [5, 5.41) is 11.1. The van der Waals surface area contributed by atoms with Crippen LogP contribution in [0.1, 0.15) is 30.4 Å². The molecule has 8 nitrogen and oxygen atoms in total. The highest BCUT2D eigenvalue weighted by Gasteiger charge is 2.49. The van der Waals surface area contributed by atoms with Crippen LogP contribution in [-0.2, 0) is 21.9 Å². The van der Waals surface area contributed by atoms with E-state index in [1.807, 2.05) is 26.2 Å². The summed E-state index contributed by atoms with van der Waals surface area (Å²) in [4.78, 5) is 2.11. The van der Waals surface area contributed by atoms with Crippen LogP contribution in [0.25, 0.3) is 0 Å². The summed E-state index contributed by atoms with van der Waals surface area (Å²) in [5.41, 5.74) is 4.41. The standard InChI is InChI=1S/C21H33N3O5S/c1-23(2)13-11-21-14-18(25)24(30(5,26)27)22-12-10-16(21)8-6-15-7-9-17(28-3)20(29-4)19(15)21/h7,9-10,12,16,18,22,25H,6,8,11,13-14H2,1-5H3/t16?,18?,21-/m1/s1. The van der Waals surface area contributed by atoms with E-state index in [0.717, 1.165) is 47.6 Å². The van der Waals surface area contributed by atoms with Crippen molar-refractivity contribution < 1.29 is 23.0 Å². The molecule has 1 aromatic rings. The van der Waals surface area contributed by atoms with Gasteiger partial charge in [0, 0.05) is 23.6 Å². The van der Waals surface area contributed by atoms with Crippen molar-refractivity contribution in [2.75, 3.05) is 41.1 Å². The van der Waals surface area contributed by atoms with Crippen molar-refractivity contribution in [2.24, 2.45) is 5.92 Å². The van der Waals surface area contributed by atoms with Gasteiger partial charge in [-0.05, 0) is 57.5 Å². The molecule has 2 aliphatic rings. The predicted molar refractivity (Wildman–Crippen MR) is 116 cm³/mol. The second-order valence-electron chi connectivity index (χ2n) is 8.42. The Morgan fingerprint density at radius 2 is 2.03 bits per heavy atom. The molecular formula is C21H33N3O5S. The molecular weight excluding hydrogens is 406 g/mol. The molecule has 0 spiro atoms. The maximum atomic E-state index is 12.3. The number of fused-ring (bicyclic) bond motifs is 3. The van der Waals surface area contributed by atoms with Gasteiger partial charge in [-0.3, -0.25) is 0 Å². The average molecular weight is 440 g/mol. The van der Waals surface area contributed by atoms with Gasteiger partial charge in [-0.25, -0.2) is 8.42 Å². The minimum Gasteiger partial charge on any atom is -0.493 e. The number of aliphatic hydroxyl groups excluding tert-OH is 1. The Hall–Kier alpha value is -1.81. The van der Waals surface area contributed by atoms with Gasteiger partial charge in [-0.1, -0.05) is 16.6 Å². The molecule has 0 amide bonds. The van der Waals surface area contributed by atoms with Crippen molar-refractivity contribution in [3.8, 4) is 11.5 Å². The quantitative estimate of drug-likeness (QED) is 0.693. The van der Waals surface area contributed by atoms with Gasteiger partial charge in [-0.2, -0.15) is 0 Å². The molecule has 0 bridgehead atoms. The Labute approximate surface area is 179 Å². The smallest absolute Gasteiger partial charge is 0.230 e. The van der Waals surface area contributed by atoms with Crippen LogP contribution in [0.5, 0.6) is 11.5 Å². The van der Waals surface area contributed by atoms with Crippen molar-refractivity contribution in [3.05, 3.63) is 35.5 Å². The molecule has 0 aromatic heterocycles. The number of methoxy groups -OCH3 is 2. The fraction of sp³-hybridized carbons (Fsp3) is 0.619. The normalized spacial score (nSPS) is 26.9. The van der Waals surface area contributed by atoms with E-state index in [4.69, 9.17) is 9.47 Å². The fourth-order valence-electron chi connectivity index (χ4n) is 4.91. The SMILES string of the molecule is COc1ccc2c(c1OC)[C@]1(CCN(C)C)CC(O)N(S(C)(=O)=O)NC=CC1CC2. The van der Waals surface area contributed by atoms with Crippen LogP contribution >= 0.6 is 0 Å². The first-order valence-corrected chi connectivity index (χ1v) is 12.0. The second kappa shape index (κ2) is 8.74. The van der Waals surface area contributed by atoms with Gasteiger partial charge in [0.2, 0.25) is 10.0 Å². The molecule has 30 heavy (non-hydrogen) atoms. The number of rotatable bonds is 6. The zero-order chi connectivity index (χ0) is 22.1. The zero-order valence-electron chi connectivity index (χ0n) is 18.4. The van der Waals surface area contributed by atoms with Crippen molar-refractivity contribution >= 4 is 10.0 Å². The Bertz CT molecular complexity index is 902. The van der Waals surface area contributed by atoms with E-state index in [2.05, 4.69) is 16.4 Å². The first kappa shape index (κ1) is 22.9. The van der Waals surface area contributed by atoms with E-state index >= 15 is 0 Å². The van der Waals surface area contributed by atoms with E-state index in [1.165, 1.54) is 0 Å². The molecule has 1 heterocycles. The summed E-state index contributed by atoms with van der Waals surface area (Å²) < 4.78 is 36.9. The van der Waals surface area contributed by atoms with E-state index in [0.29, 0.717) is 11.5 Å². The van der Waals surface area contributed by atoms with Crippen LogP contribution in [-0.4, -0.2) is 70.2 Å². The lowest BCUT2D eigenvalue weighted by molar-refractivity contribution is -0.00175. The maximum absolute atomic E-state index is 12.3. The van der Waals surface area contributed by atoms with Crippen LogP contribution in [0.2, 0.25) is 0 Å². The second-order valence-corrected chi connectivity index (χ2v) is 10.3. The predicted octanol–water partition coefficient (Wildman–Crippen LogP) is 1.46. The molecule has 2 unspecified atom stereocenters. The Morgan fingerprint density at radius 1 is 1.30 bits per heavy atom. The van der Waals surface area contributed by atoms with E-state index in [9.17, 15) is 13.5 Å². The molecule has 1 aromatic carbocycles. The number of aryl methyl sites for hydroxylation is 1. The lowest BCUT2D eigenvalue weighted by Gasteiger charge is -2.48. The van der Waals surface area contributed by atoms with E-state index in [-0.39, 0.29) is 12.3 Å². The van der Waals surface area contributed by atoms with Crippen LogP contribution < -0.4 is 14.9 Å².